The van der Waals surface area contributed by atoms with Gasteiger partial charge >= 0.3 is 0 Å². The zero-order chi connectivity index (χ0) is 17.0. The molecule has 2 rings (SSSR count). The molecule has 122 valence electrons. The van der Waals surface area contributed by atoms with Crippen molar-refractivity contribution >= 4 is 17.4 Å². The van der Waals surface area contributed by atoms with Crippen molar-refractivity contribution in [1.82, 2.24) is 9.97 Å². The quantitative estimate of drug-likeness (QED) is 0.901. The number of carbonyl (C=O) groups excluding carboxylic acids is 1. The third-order valence-electron chi connectivity index (χ3n) is 3.37. The van der Waals surface area contributed by atoms with Crippen LogP contribution in [0.25, 0.3) is 0 Å². The maximum absolute atomic E-state index is 12.4. The summed E-state index contributed by atoms with van der Waals surface area (Å²) in [5, 5.41) is 6.17. The van der Waals surface area contributed by atoms with Crippen LogP contribution in [-0.2, 0) is 6.42 Å². The molecule has 0 spiro atoms. The van der Waals surface area contributed by atoms with Crippen molar-refractivity contribution in [2.24, 2.45) is 0 Å². The maximum Gasteiger partial charge on any atom is 0.275 e. The normalized spacial score (nSPS) is 11.2. The van der Waals surface area contributed by atoms with Gasteiger partial charge in [-0.15, -0.1) is 0 Å². The zero-order valence-corrected chi connectivity index (χ0v) is 14.4. The van der Waals surface area contributed by atoms with Gasteiger partial charge in [0.15, 0.2) is 0 Å². The van der Waals surface area contributed by atoms with E-state index in [0.717, 1.165) is 23.2 Å². The standard InChI is InChI=1S/C18H24N4O/c1-6-13-9-7-8-12(2)16(13)21-17(23)14-10-20-15(11-19-14)22-18(3,4)5/h7-11H,6H2,1-5H3,(H,20,22)(H,21,23). The van der Waals surface area contributed by atoms with Crippen LogP contribution in [0.1, 0.15) is 49.3 Å². The first-order chi connectivity index (χ1) is 10.8. The summed E-state index contributed by atoms with van der Waals surface area (Å²) in [5.41, 5.74) is 3.21. The Balaban J connectivity index is 2.16. The minimum atomic E-state index is -0.246. The average Bonchev–Trinajstić information content (AvgIpc) is 2.48. The lowest BCUT2D eigenvalue weighted by Crippen LogP contribution is -2.27. The van der Waals surface area contributed by atoms with Crippen LogP contribution in [0, 0.1) is 6.92 Å². The number of benzene rings is 1. The highest BCUT2D eigenvalue weighted by Gasteiger charge is 2.14. The van der Waals surface area contributed by atoms with Crippen LogP contribution in [-0.4, -0.2) is 21.4 Å². The van der Waals surface area contributed by atoms with Crippen molar-refractivity contribution in [3.05, 3.63) is 47.4 Å². The summed E-state index contributed by atoms with van der Waals surface area (Å²) < 4.78 is 0. The molecule has 5 heteroatoms. The monoisotopic (exact) mass is 312 g/mol. The number of anilines is 2. The first-order valence-corrected chi connectivity index (χ1v) is 7.80. The molecule has 0 unspecified atom stereocenters. The molecule has 0 fully saturated rings. The third kappa shape index (κ3) is 4.52. The molecule has 0 saturated carbocycles. The summed E-state index contributed by atoms with van der Waals surface area (Å²) in [7, 11) is 0. The van der Waals surface area contributed by atoms with Gasteiger partial charge in [-0.2, -0.15) is 0 Å². The van der Waals surface area contributed by atoms with E-state index in [4.69, 9.17) is 0 Å². The highest BCUT2D eigenvalue weighted by molar-refractivity contribution is 6.03. The second-order valence-electron chi connectivity index (χ2n) is 6.58. The maximum atomic E-state index is 12.4. The van der Waals surface area contributed by atoms with Gasteiger partial charge in [-0.25, -0.2) is 9.97 Å². The van der Waals surface area contributed by atoms with Crippen LogP contribution in [0.3, 0.4) is 0 Å². The van der Waals surface area contributed by atoms with E-state index >= 15 is 0 Å². The van der Waals surface area contributed by atoms with Gasteiger partial charge in [0.1, 0.15) is 11.5 Å². The van der Waals surface area contributed by atoms with Crippen LogP contribution in [0.5, 0.6) is 0 Å². The van der Waals surface area contributed by atoms with Gasteiger partial charge in [-0.1, -0.05) is 25.1 Å². The number of hydrogen-bond acceptors (Lipinski definition) is 4. The lowest BCUT2D eigenvalue weighted by atomic mass is 10.1. The third-order valence-corrected chi connectivity index (χ3v) is 3.37. The molecule has 0 radical (unpaired) electrons. The van der Waals surface area contributed by atoms with Crippen molar-refractivity contribution in [2.75, 3.05) is 10.6 Å². The molecule has 2 aromatic rings. The van der Waals surface area contributed by atoms with Crippen molar-refractivity contribution in [1.29, 1.82) is 0 Å². The van der Waals surface area contributed by atoms with Gasteiger partial charge < -0.3 is 10.6 Å². The molecule has 0 aliphatic heterocycles. The Hall–Kier alpha value is -2.43. The predicted octanol–water partition coefficient (Wildman–Crippen LogP) is 3.81. The van der Waals surface area contributed by atoms with Crippen LogP contribution in [0.15, 0.2) is 30.6 Å². The zero-order valence-electron chi connectivity index (χ0n) is 14.4. The van der Waals surface area contributed by atoms with Crippen LogP contribution >= 0.6 is 0 Å². The molecule has 1 aromatic heterocycles. The second kappa shape index (κ2) is 6.77. The first kappa shape index (κ1) is 16.9. The summed E-state index contributed by atoms with van der Waals surface area (Å²) in [6.45, 7) is 10.2. The van der Waals surface area contributed by atoms with E-state index in [1.807, 2.05) is 45.9 Å². The van der Waals surface area contributed by atoms with Crippen LogP contribution in [0.2, 0.25) is 0 Å². The Bertz CT molecular complexity index is 687. The highest BCUT2D eigenvalue weighted by Crippen LogP contribution is 2.21. The highest BCUT2D eigenvalue weighted by atomic mass is 16.1. The van der Waals surface area contributed by atoms with E-state index in [1.54, 1.807) is 6.20 Å². The fourth-order valence-corrected chi connectivity index (χ4v) is 2.27. The molecular weight excluding hydrogens is 288 g/mol. The number of carbonyl (C=O) groups is 1. The summed E-state index contributed by atoms with van der Waals surface area (Å²) in [4.78, 5) is 20.9. The number of rotatable bonds is 4. The van der Waals surface area contributed by atoms with Crippen molar-refractivity contribution in [3.63, 3.8) is 0 Å². The van der Waals surface area contributed by atoms with Crippen LogP contribution < -0.4 is 10.6 Å². The number of nitrogens with one attached hydrogen (secondary N) is 2. The number of hydrogen-bond donors (Lipinski definition) is 2. The Kier molecular flexibility index (Phi) is 4.98. The molecule has 0 aliphatic carbocycles. The summed E-state index contributed by atoms with van der Waals surface area (Å²) in [5.74, 6) is 0.406. The second-order valence-corrected chi connectivity index (χ2v) is 6.58. The molecular formula is C18H24N4O. The molecule has 1 aromatic carbocycles. The molecule has 0 aliphatic rings. The minimum Gasteiger partial charge on any atom is -0.364 e. The number of para-hydroxylation sites is 1. The molecule has 1 heterocycles. The molecule has 5 nitrogen and oxygen atoms in total. The van der Waals surface area contributed by atoms with Crippen molar-refractivity contribution in [3.8, 4) is 0 Å². The van der Waals surface area contributed by atoms with Gasteiger partial charge in [0, 0.05) is 11.2 Å². The van der Waals surface area contributed by atoms with E-state index in [1.165, 1.54) is 6.20 Å². The number of nitrogens with zero attached hydrogens (tertiary/aromatic N) is 2. The lowest BCUT2D eigenvalue weighted by Gasteiger charge is -2.20. The van der Waals surface area contributed by atoms with Crippen molar-refractivity contribution in [2.45, 2.75) is 46.6 Å². The largest absolute Gasteiger partial charge is 0.364 e. The van der Waals surface area contributed by atoms with Gasteiger partial charge in [-0.3, -0.25) is 4.79 Å². The molecule has 23 heavy (non-hydrogen) atoms. The Morgan fingerprint density at radius 2 is 1.91 bits per heavy atom. The van der Waals surface area contributed by atoms with Crippen molar-refractivity contribution < 1.29 is 4.79 Å². The Labute approximate surface area is 137 Å². The number of aromatic nitrogens is 2. The predicted molar refractivity (Wildman–Crippen MR) is 93.9 cm³/mol. The van der Waals surface area contributed by atoms with Crippen LogP contribution in [0.4, 0.5) is 11.5 Å². The van der Waals surface area contributed by atoms with E-state index < -0.39 is 0 Å². The molecule has 0 saturated heterocycles. The summed E-state index contributed by atoms with van der Waals surface area (Å²) >= 11 is 0. The summed E-state index contributed by atoms with van der Waals surface area (Å²) in [6, 6.07) is 6.00. The summed E-state index contributed by atoms with van der Waals surface area (Å²) in [6.07, 6.45) is 3.93. The van der Waals surface area contributed by atoms with E-state index in [0.29, 0.717) is 11.5 Å². The molecule has 2 N–H and O–H groups in total. The molecule has 1 amide bonds. The minimum absolute atomic E-state index is 0.102. The van der Waals surface area contributed by atoms with E-state index in [2.05, 4.69) is 27.5 Å². The van der Waals surface area contributed by atoms with Gasteiger partial charge in [0.25, 0.3) is 5.91 Å². The smallest absolute Gasteiger partial charge is 0.275 e. The molecule has 0 atom stereocenters. The number of aryl methyl sites for hydroxylation is 2. The fourth-order valence-electron chi connectivity index (χ4n) is 2.27. The van der Waals surface area contributed by atoms with Gasteiger partial charge in [0.2, 0.25) is 0 Å². The van der Waals surface area contributed by atoms with E-state index in [-0.39, 0.29) is 11.4 Å². The first-order valence-electron chi connectivity index (χ1n) is 7.80. The Morgan fingerprint density at radius 1 is 1.17 bits per heavy atom. The average molecular weight is 312 g/mol. The topological polar surface area (TPSA) is 66.9 Å². The SMILES string of the molecule is CCc1cccc(C)c1NC(=O)c1cnc(NC(C)(C)C)cn1. The number of amides is 1. The van der Waals surface area contributed by atoms with E-state index in [9.17, 15) is 4.79 Å². The van der Waals surface area contributed by atoms with Gasteiger partial charge in [0.05, 0.1) is 12.4 Å². The fraction of sp³-hybridized carbons (Fsp3) is 0.389. The lowest BCUT2D eigenvalue weighted by molar-refractivity contribution is 0.102. The Morgan fingerprint density at radius 3 is 2.48 bits per heavy atom. The molecule has 0 bridgehead atoms. The van der Waals surface area contributed by atoms with Gasteiger partial charge in [-0.05, 0) is 45.2 Å².